The highest BCUT2D eigenvalue weighted by Crippen LogP contribution is 2.28. The first-order valence-corrected chi connectivity index (χ1v) is 10.8. The highest BCUT2D eigenvalue weighted by molar-refractivity contribution is 6.31. The van der Waals surface area contributed by atoms with Gasteiger partial charge in [-0.1, -0.05) is 30.7 Å². The second-order valence-electron chi connectivity index (χ2n) is 7.57. The van der Waals surface area contributed by atoms with Gasteiger partial charge in [0, 0.05) is 18.1 Å². The molecule has 7 nitrogen and oxygen atoms in total. The molecule has 3 aromatic rings. The number of anilines is 1. The number of methoxy groups -OCH3 is 1. The third-order valence-electron chi connectivity index (χ3n) is 5.55. The maximum Gasteiger partial charge on any atom is 0.258 e. The summed E-state index contributed by atoms with van der Waals surface area (Å²) in [7, 11) is 1.51. The topological polar surface area (TPSA) is 76.5 Å². The third kappa shape index (κ3) is 4.10. The molecule has 1 fully saturated rings. The predicted molar refractivity (Wildman–Crippen MR) is 121 cm³/mol. The van der Waals surface area contributed by atoms with Crippen molar-refractivity contribution in [2.45, 2.75) is 38.8 Å². The second kappa shape index (κ2) is 8.98. The van der Waals surface area contributed by atoms with Crippen LogP contribution < -0.4 is 10.1 Å². The number of para-hydroxylation sites is 2. The van der Waals surface area contributed by atoms with Crippen molar-refractivity contribution in [3.63, 3.8) is 0 Å². The summed E-state index contributed by atoms with van der Waals surface area (Å²) in [5.74, 6) is 0.441. The Morgan fingerprint density at radius 2 is 2.06 bits per heavy atom. The Morgan fingerprint density at radius 3 is 2.84 bits per heavy atom. The van der Waals surface area contributed by atoms with E-state index in [1.165, 1.54) is 7.11 Å². The van der Waals surface area contributed by atoms with Crippen LogP contribution in [0.3, 0.4) is 0 Å². The number of likely N-dealkylation sites (tertiary alicyclic amines) is 1. The summed E-state index contributed by atoms with van der Waals surface area (Å²) in [6.07, 6.45) is 2.25. The van der Waals surface area contributed by atoms with Crippen molar-refractivity contribution in [3.05, 3.63) is 53.1 Å². The molecule has 0 saturated carbocycles. The summed E-state index contributed by atoms with van der Waals surface area (Å²) in [5, 5.41) is 3.41. The largest absolute Gasteiger partial charge is 0.496 e. The molecule has 1 unspecified atom stereocenters. The number of aromatic nitrogens is 2. The lowest BCUT2D eigenvalue weighted by atomic mass is 10.1. The highest BCUT2D eigenvalue weighted by Gasteiger charge is 2.36. The monoisotopic (exact) mass is 440 g/mol. The molecule has 2 aromatic carbocycles. The first-order chi connectivity index (χ1) is 15.0. The molecule has 1 aromatic heterocycles. The van der Waals surface area contributed by atoms with E-state index in [0.717, 1.165) is 30.4 Å². The van der Waals surface area contributed by atoms with Crippen molar-refractivity contribution in [1.82, 2.24) is 14.5 Å². The fraction of sp³-hybridized carbons (Fsp3) is 0.348. The van der Waals surface area contributed by atoms with Gasteiger partial charge in [-0.3, -0.25) is 14.9 Å². The van der Waals surface area contributed by atoms with Gasteiger partial charge in [0.2, 0.25) is 11.9 Å². The molecule has 0 aliphatic carbocycles. The molecule has 162 valence electrons. The number of aryl methyl sites for hydroxylation is 1. The Kier molecular flexibility index (Phi) is 6.13. The lowest BCUT2D eigenvalue weighted by Crippen LogP contribution is -2.43. The normalized spacial score (nSPS) is 16.0. The third-order valence-corrected chi connectivity index (χ3v) is 5.78. The number of hydrogen-bond donors (Lipinski definition) is 1. The zero-order valence-electron chi connectivity index (χ0n) is 17.6. The Balaban J connectivity index is 1.59. The van der Waals surface area contributed by atoms with Crippen molar-refractivity contribution in [2.75, 3.05) is 19.0 Å². The van der Waals surface area contributed by atoms with Crippen LogP contribution in [0.15, 0.2) is 42.5 Å². The first kappa shape index (κ1) is 21.2. The summed E-state index contributed by atoms with van der Waals surface area (Å²) in [5.41, 5.74) is 2.16. The lowest BCUT2D eigenvalue weighted by molar-refractivity contribution is -0.119. The van der Waals surface area contributed by atoms with E-state index in [-0.39, 0.29) is 11.8 Å². The van der Waals surface area contributed by atoms with Gasteiger partial charge in [0.1, 0.15) is 11.8 Å². The van der Waals surface area contributed by atoms with Gasteiger partial charge in [-0.05, 0) is 49.6 Å². The van der Waals surface area contributed by atoms with Crippen LogP contribution >= 0.6 is 11.6 Å². The lowest BCUT2D eigenvalue weighted by Gasteiger charge is -2.25. The number of ether oxygens (including phenoxy) is 1. The number of rotatable bonds is 6. The number of nitrogens with zero attached hydrogens (tertiary/aromatic N) is 3. The van der Waals surface area contributed by atoms with Crippen molar-refractivity contribution >= 4 is 40.4 Å². The molecule has 0 bridgehead atoms. The minimum Gasteiger partial charge on any atom is -0.496 e. The average Bonchev–Trinajstić information content (AvgIpc) is 3.39. The number of carbonyl (C=O) groups excluding carboxylic acids is 2. The highest BCUT2D eigenvalue weighted by atomic mass is 35.5. The van der Waals surface area contributed by atoms with Crippen LogP contribution in [-0.4, -0.2) is 46.0 Å². The molecule has 2 heterocycles. The van der Waals surface area contributed by atoms with Crippen molar-refractivity contribution in [3.8, 4) is 5.75 Å². The van der Waals surface area contributed by atoms with E-state index in [2.05, 4.69) is 17.2 Å². The molecule has 1 N–H and O–H groups in total. The fourth-order valence-corrected chi connectivity index (χ4v) is 4.27. The van der Waals surface area contributed by atoms with Crippen LogP contribution in [0.4, 0.5) is 5.95 Å². The molecule has 1 aliphatic rings. The van der Waals surface area contributed by atoms with Gasteiger partial charge in [-0.15, -0.1) is 0 Å². The van der Waals surface area contributed by atoms with E-state index in [9.17, 15) is 9.59 Å². The van der Waals surface area contributed by atoms with E-state index < -0.39 is 6.04 Å². The van der Waals surface area contributed by atoms with Gasteiger partial charge in [-0.2, -0.15) is 0 Å². The van der Waals surface area contributed by atoms with Gasteiger partial charge in [0.15, 0.2) is 0 Å². The molecule has 0 spiro atoms. The van der Waals surface area contributed by atoms with Crippen LogP contribution in [0.25, 0.3) is 11.0 Å². The van der Waals surface area contributed by atoms with E-state index in [1.807, 2.05) is 28.8 Å². The molecular weight excluding hydrogens is 416 g/mol. The zero-order valence-corrected chi connectivity index (χ0v) is 18.4. The van der Waals surface area contributed by atoms with Crippen LogP contribution in [-0.2, 0) is 11.3 Å². The molecule has 1 saturated heterocycles. The number of benzene rings is 2. The van der Waals surface area contributed by atoms with Crippen LogP contribution in [0.1, 0.15) is 36.5 Å². The summed E-state index contributed by atoms with van der Waals surface area (Å²) < 4.78 is 7.34. The number of carbonyl (C=O) groups is 2. The van der Waals surface area contributed by atoms with Crippen molar-refractivity contribution < 1.29 is 14.3 Å². The van der Waals surface area contributed by atoms with Crippen LogP contribution in [0.2, 0.25) is 5.02 Å². The van der Waals surface area contributed by atoms with Crippen molar-refractivity contribution in [1.29, 1.82) is 0 Å². The Morgan fingerprint density at radius 1 is 1.26 bits per heavy atom. The van der Waals surface area contributed by atoms with Gasteiger partial charge < -0.3 is 14.2 Å². The maximum atomic E-state index is 13.2. The Bertz CT molecular complexity index is 1130. The summed E-state index contributed by atoms with van der Waals surface area (Å²) in [6, 6.07) is 12.1. The zero-order chi connectivity index (χ0) is 22.0. The molecule has 8 heteroatoms. The Hall–Kier alpha value is -3.06. The molecule has 4 rings (SSSR count). The average molecular weight is 441 g/mol. The smallest absolute Gasteiger partial charge is 0.258 e. The standard InChI is InChI=1S/C23H25ClN4O3/c1-3-12-28-18-8-5-4-7-17(18)25-23(28)26-21(29)19-9-6-13-27(19)22(30)16-14-15(24)10-11-20(16)31-2/h4-5,7-8,10-11,14,19H,3,6,9,12-13H2,1-2H3,(H,25,26,29). The number of imidazole rings is 1. The number of amides is 2. The number of halogens is 1. The van der Waals surface area contributed by atoms with Gasteiger partial charge >= 0.3 is 0 Å². The minimum atomic E-state index is -0.578. The molecule has 2 amide bonds. The minimum absolute atomic E-state index is 0.237. The number of hydrogen-bond acceptors (Lipinski definition) is 4. The molecule has 1 aliphatic heterocycles. The fourth-order valence-electron chi connectivity index (χ4n) is 4.10. The molecule has 1 atom stereocenters. The van der Waals surface area contributed by atoms with Crippen molar-refractivity contribution in [2.24, 2.45) is 0 Å². The van der Waals surface area contributed by atoms with E-state index in [1.54, 1.807) is 23.1 Å². The molecule has 31 heavy (non-hydrogen) atoms. The second-order valence-corrected chi connectivity index (χ2v) is 8.00. The van der Waals surface area contributed by atoms with E-state index >= 15 is 0 Å². The molecular formula is C23H25ClN4O3. The van der Waals surface area contributed by atoms with Gasteiger partial charge in [0.25, 0.3) is 5.91 Å². The number of fused-ring (bicyclic) bond motifs is 1. The SMILES string of the molecule is CCCn1c(NC(=O)C2CCCN2C(=O)c2cc(Cl)ccc2OC)nc2ccccc21. The predicted octanol–water partition coefficient (Wildman–Crippen LogP) is 4.35. The summed E-state index contributed by atoms with van der Waals surface area (Å²) >= 11 is 6.10. The number of nitrogens with one attached hydrogen (secondary N) is 1. The van der Waals surface area contributed by atoms with E-state index in [4.69, 9.17) is 16.3 Å². The van der Waals surface area contributed by atoms with Gasteiger partial charge in [-0.25, -0.2) is 4.98 Å². The quantitative estimate of drug-likeness (QED) is 0.618. The Labute approximate surface area is 186 Å². The van der Waals surface area contributed by atoms with E-state index in [0.29, 0.717) is 35.2 Å². The summed E-state index contributed by atoms with van der Waals surface area (Å²) in [4.78, 5) is 32.6. The molecule has 0 radical (unpaired) electrons. The maximum absolute atomic E-state index is 13.2. The van der Waals surface area contributed by atoms with Crippen LogP contribution in [0.5, 0.6) is 5.75 Å². The first-order valence-electron chi connectivity index (χ1n) is 10.4. The summed E-state index contributed by atoms with van der Waals surface area (Å²) in [6.45, 7) is 3.32. The van der Waals surface area contributed by atoms with Crippen LogP contribution in [0, 0.1) is 0 Å². The van der Waals surface area contributed by atoms with Gasteiger partial charge in [0.05, 0.1) is 23.7 Å².